The highest BCUT2D eigenvalue weighted by atomic mass is 32.1. The maximum Gasteiger partial charge on any atom is 0.255 e. The smallest absolute Gasteiger partial charge is 0.255 e. The summed E-state index contributed by atoms with van der Waals surface area (Å²) in [7, 11) is 0. The maximum absolute atomic E-state index is 13.0. The van der Waals surface area contributed by atoms with Gasteiger partial charge in [0.05, 0.1) is 16.6 Å². The number of nitrogens with one attached hydrogen (secondary N) is 1. The van der Waals surface area contributed by atoms with Gasteiger partial charge in [-0.3, -0.25) is 4.79 Å². The second kappa shape index (κ2) is 7.41. The molecule has 1 atom stereocenters. The van der Waals surface area contributed by atoms with Gasteiger partial charge in [0.25, 0.3) is 5.91 Å². The van der Waals surface area contributed by atoms with Crippen LogP contribution in [0.25, 0.3) is 0 Å². The van der Waals surface area contributed by atoms with Gasteiger partial charge in [0.1, 0.15) is 6.26 Å². The van der Waals surface area contributed by atoms with Gasteiger partial charge in [0.15, 0.2) is 5.76 Å². The summed E-state index contributed by atoms with van der Waals surface area (Å²) in [5.41, 5.74) is 9.10. The van der Waals surface area contributed by atoms with Crippen LogP contribution >= 0.6 is 11.3 Å². The monoisotopic (exact) mass is 370 g/mol. The summed E-state index contributed by atoms with van der Waals surface area (Å²) in [6, 6.07) is 9.74. The van der Waals surface area contributed by atoms with Crippen LogP contribution in [0.3, 0.4) is 0 Å². The number of ether oxygens (including phenoxy) is 2. The van der Waals surface area contributed by atoms with Gasteiger partial charge in [-0.25, -0.2) is 0 Å². The number of thiophene rings is 1. The Bertz CT molecular complexity index is 829. The van der Waals surface area contributed by atoms with Gasteiger partial charge in [-0.1, -0.05) is 30.3 Å². The largest absolute Gasteiger partial charge is 0.462 e. The van der Waals surface area contributed by atoms with Crippen molar-refractivity contribution in [1.29, 1.82) is 0 Å². The number of nitrogen functional groups attached to an aromatic ring is 1. The van der Waals surface area contributed by atoms with Gasteiger partial charge in [-0.2, -0.15) is 0 Å². The Labute approximate surface area is 156 Å². The Balaban J connectivity index is 1.57. The van der Waals surface area contributed by atoms with Crippen molar-refractivity contribution < 1.29 is 14.3 Å². The molecule has 2 heterocycles. The molecule has 1 amide bonds. The van der Waals surface area contributed by atoms with E-state index < -0.39 is 0 Å². The SMILES string of the molecule is Nc1sc2c(c1C(=O)NC(Cc1ccccc1)C1=COCO1)CCCC2. The third-order valence-electron chi connectivity index (χ3n) is 4.85. The van der Waals surface area contributed by atoms with Crippen molar-refractivity contribution in [1.82, 2.24) is 5.32 Å². The molecule has 3 N–H and O–H groups in total. The number of hydrogen-bond acceptors (Lipinski definition) is 5. The Kier molecular flexibility index (Phi) is 4.84. The van der Waals surface area contributed by atoms with Gasteiger partial charge in [0.2, 0.25) is 6.79 Å². The zero-order valence-electron chi connectivity index (χ0n) is 14.5. The molecular weight excluding hydrogens is 348 g/mol. The first-order valence-corrected chi connectivity index (χ1v) is 9.73. The summed E-state index contributed by atoms with van der Waals surface area (Å²) in [6.45, 7) is 0.187. The number of carbonyl (C=O) groups excluding carboxylic acids is 1. The summed E-state index contributed by atoms with van der Waals surface area (Å²) in [5, 5.41) is 3.73. The second-order valence-electron chi connectivity index (χ2n) is 6.61. The number of carbonyl (C=O) groups is 1. The van der Waals surface area contributed by atoms with Gasteiger partial charge in [0, 0.05) is 11.3 Å². The minimum absolute atomic E-state index is 0.126. The van der Waals surface area contributed by atoms with Crippen molar-refractivity contribution >= 4 is 22.2 Å². The lowest BCUT2D eigenvalue weighted by atomic mass is 9.95. The Morgan fingerprint density at radius 2 is 2.04 bits per heavy atom. The minimum atomic E-state index is -0.286. The van der Waals surface area contributed by atoms with Crippen molar-refractivity contribution in [3.05, 3.63) is 63.9 Å². The first kappa shape index (κ1) is 17.0. The molecule has 0 saturated heterocycles. The molecule has 0 saturated carbocycles. The number of benzene rings is 1. The molecular formula is C20H22N2O3S. The van der Waals surface area contributed by atoms with Crippen LogP contribution in [0.4, 0.5) is 5.00 Å². The van der Waals surface area contributed by atoms with Gasteiger partial charge in [-0.05, 0) is 36.8 Å². The molecule has 1 unspecified atom stereocenters. The van der Waals surface area contributed by atoms with Crippen molar-refractivity contribution in [2.45, 2.75) is 38.1 Å². The molecule has 5 nitrogen and oxygen atoms in total. The number of hydrogen-bond donors (Lipinski definition) is 2. The third-order valence-corrected chi connectivity index (χ3v) is 5.97. The van der Waals surface area contributed by atoms with Crippen molar-refractivity contribution in [3.63, 3.8) is 0 Å². The lowest BCUT2D eigenvalue weighted by Crippen LogP contribution is -2.38. The Hall–Kier alpha value is -2.47. The molecule has 0 spiro atoms. The average molecular weight is 370 g/mol. The van der Waals surface area contributed by atoms with Crippen LogP contribution in [0.2, 0.25) is 0 Å². The van der Waals surface area contributed by atoms with Gasteiger partial charge in [-0.15, -0.1) is 11.3 Å². The number of anilines is 1. The maximum atomic E-state index is 13.0. The number of fused-ring (bicyclic) bond motifs is 1. The number of rotatable bonds is 5. The summed E-state index contributed by atoms with van der Waals surface area (Å²) < 4.78 is 10.7. The number of aryl methyl sites for hydroxylation is 1. The first-order valence-electron chi connectivity index (χ1n) is 8.91. The van der Waals surface area contributed by atoms with E-state index in [1.165, 1.54) is 11.3 Å². The zero-order valence-corrected chi connectivity index (χ0v) is 15.3. The van der Waals surface area contributed by atoms with Crippen LogP contribution in [-0.4, -0.2) is 18.7 Å². The third kappa shape index (κ3) is 3.42. The molecule has 1 aromatic heterocycles. The lowest BCUT2D eigenvalue weighted by molar-refractivity contribution is 0.0706. The fourth-order valence-electron chi connectivity index (χ4n) is 3.57. The van der Waals surface area contributed by atoms with Gasteiger partial charge < -0.3 is 20.5 Å². The summed E-state index contributed by atoms with van der Waals surface area (Å²) in [4.78, 5) is 14.3. The lowest BCUT2D eigenvalue weighted by Gasteiger charge is -2.20. The Morgan fingerprint density at radius 1 is 1.23 bits per heavy atom. The van der Waals surface area contributed by atoms with E-state index in [0.29, 0.717) is 22.7 Å². The van der Waals surface area contributed by atoms with E-state index in [2.05, 4.69) is 5.32 Å². The quantitative estimate of drug-likeness (QED) is 0.846. The minimum Gasteiger partial charge on any atom is -0.462 e. The predicted octanol–water partition coefficient (Wildman–Crippen LogP) is 3.40. The van der Waals surface area contributed by atoms with E-state index >= 15 is 0 Å². The standard InChI is InChI=1S/C20H22N2O3S/c21-19-18(14-8-4-5-9-17(14)26-19)20(23)22-15(16-11-24-12-25-16)10-13-6-2-1-3-7-13/h1-3,6-7,11,15H,4-5,8-10,12,21H2,(H,22,23). The molecule has 136 valence electrons. The molecule has 1 aliphatic carbocycles. The summed E-state index contributed by atoms with van der Waals surface area (Å²) in [6.07, 6.45) is 6.44. The van der Waals surface area contributed by atoms with E-state index in [1.807, 2.05) is 30.3 Å². The summed E-state index contributed by atoms with van der Waals surface area (Å²) >= 11 is 1.55. The van der Waals surface area contributed by atoms with E-state index in [4.69, 9.17) is 15.2 Å². The predicted molar refractivity (Wildman–Crippen MR) is 102 cm³/mol. The van der Waals surface area contributed by atoms with Crippen LogP contribution in [0, 0.1) is 0 Å². The molecule has 1 aliphatic heterocycles. The number of nitrogens with two attached hydrogens (primary N) is 1. The van der Waals surface area contributed by atoms with Crippen molar-refractivity contribution in [3.8, 4) is 0 Å². The normalized spacial score (nSPS) is 16.8. The van der Waals surface area contributed by atoms with Crippen LogP contribution in [0.5, 0.6) is 0 Å². The topological polar surface area (TPSA) is 73.6 Å². The molecule has 0 radical (unpaired) electrons. The van der Waals surface area contributed by atoms with Gasteiger partial charge >= 0.3 is 0 Å². The second-order valence-corrected chi connectivity index (χ2v) is 7.75. The molecule has 0 fully saturated rings. The number of amides is 1. The molecule has 26 heavy (non-hydrogen) atoms. The Morgan fingerprint density at radius 3 is 2.81 bits per heavy atom. The fraction of sp³-hybridized carbons (Fsp3) is 0.350. The van der Waals surface area contributed by atoms with E-state index in [1.54, 1.807) is 17.6 Å². The van der Waals surface area contributed by atoms with Crippen LogP contribution in [0.15, 0.2) is 42.4 Å². The van der Waals surface area contributed by atoms with Crippen LogP contribution < -0.4 is 11.1 Å². The van der Waals surface area contributed by atoms with Crippen LogP contribution in [-0.2, 0) is 28.7 Å². The van der Waals surface area contributed by atoms with E-state index in [0.717, 1.165) is 30.4 Å². The summed E-state index contributed by atoms with van der Waals surface area (Å²) in [5.74, 6) is 0.518. The highest BCUT2D eigenvalue weighted by Crippen LogP contribution is 2.36. The highest BCUT2D eigenvalue weighted by molar-refractivity contribution is 7.16. The van der Waals surface area contributed by atoms with Crippen LogP contribution in [0.1, 0.15) is 39.2 Å². The fourth-order valence-corrected chi connectivity index (χ4v) is 4.73. The van der Waals surface area contributed by atoms with E-state index in [9.17, 15) is 4.79 Å². The first-order chi connectivity index (χ1) is 12.7. The average Bonchev–Trinajstić information content (AvgIpc) is 3.29. The molecule has 0 bridgehead atoms. The highest BCUT2D eigenvalue weighted by Gasteiger charge is 2.28. The van der Waals surface area contributed by atoms with E-state index in [-0.39, 0.29) is 18.7 Å². The molecule has 2 aliphatic rings. The van der Waals surface area contributed by atoms with Crippen molar-refractivity contribution in [2.75, 3.05) is 12.5 Å². The zero-order chi connectivity index (χ0) is 17.9. The molecule has 4 rings (SSSR count). The molecule has 6 heteroatoms. The molecule has 2 aromatic rings. The van der Waals surface area contributed by atoms with Crippen molar-refractivity contribution in [2.24, 2.45) is 0 Å². The molecule has 1 aromatic carbocycles.